The Morgan fingerprint density at radius 3 is 2.47 bits per heavy atom. The predicted molar refractivity (Wildman–Crippen MR) is 118 cm³/mol. The summed E-state index contributed by atoms with van der Waals surface area (Å²) in [6, 6.07) is 6.73. The van der Waals surface area contributed by atoms with Crippen LogP contribution in [0.2, 0.25) is 0 Å². The smallest absolute Gasteiger partial charge is 0.324 e. The van der Waals surface area contributed by atoms with Gasteiger partial charge in [-0.2, -0.15) is 4.98 Å². The van der Waals surface area contributed by atoms with Crippen LogP contribution in [0, 0.1) is 29.4 Å². The monoisotopic (exact) mass is 458 g/mol. The lowest BCUT2D eigenvalue weighted by molar-refractivity contribution is 0.256. The molecule has 2 aromatic heterocycles. The van der Waals surface area contributed by atoms with E-state index >= 15 is 0 Å². The van der Waals surface area contributed by atoms with E-state index in [-0.39, 0.29) is 24.2 Å². The number of pyridine rings is 1. The normalized spacial score (nSPS) is 21.8. The average molecular weight is 459 g/mol. The van der Waals surface area contributed by atoms with Crippen LogP contribution in [0.5, 0.6) is 5.75 Å². The molecule has 6 nitrogen and oxygen atoms in total. The number of piperidine rings is 1. The largest absolute Gasteiger partial charge is 0.487 e. The number of anilines is 1. The van der Waals surface area contributed by atoms with Gasteiger partial charge in [0, 0.05) is 41.6 Å². The molecule has 0 spiro atoms. The van der Waals surface area contributed by atoms with Crippen LogP contribution in [0.15, 0.2) is 39.9 Å². The predicted octanol–water partition coefficient (Wildman–Crippen LogP) is 5.02. The molecule has 3 heterocycles. The number of halogens is 2. The zero-order valence-electron chi connectivity index (χ0n) is 18.1. The highest BCUT2D eigenvalue weighted by molar-refractivity contribution is 7.98. The quantitative estimate of drug-likeness (QED) is 0.461. The standard InChI is InChI=1S/C23H24F2N4O2S/c1-12(2)22-27-23(31-28-22)29-9-15-16(10-29)17(15)11-30-21-18(24)6-13(7-19(21)25)20-5-4-14(32-3)8-26-20/h4-8,12,15-17H,9-11H2,1-3H3. The molecule has 2 fully saturated rings. The Bertz CT molecular complexity index is 1090. The summed E-state index contributed by atoms with van der Waals surface area (Å²) in [5.74, 6) is 0.263. The summed E-state index contributed by atoms with van der Waals surface area (Å²) in [5.41, 5.74) is 0.907. The van der Waals surface area contributed by atoms with Gasteiger partial charge in [0.15, 0.2) is 23.2 Å². The summed E-state index contributed by atoms with van der Waals surface area (Å²) in [5, 5.41) is 4.01. The van der Waals surface area contributed by atoms with E-state index in [0.29, 0.717) is 34.9 Å². The van der Waals surface area contributed by atoms with Gasteiger partial charge in [0.2, 0.25) is 0 Å². The molecule has 1 aliphatic heterocycles. The minimum Gasteiger partial charge on any atom is -0.487 e. The molecule has 0 N–H and O–H groups in total. The number of nitrogens with zero attached hydrogens (tertiary/aromatic N) is 4. The number of hydrogen-bond donors (Lipinski definition) is 0. The van der Waals surface area contributed by atoms with E-state index in [9.17, 15) is 8.78 Å². The fourth-order valence-corrected chi connectivity index (χ4v) is 4.70. The van der Waals surface area contributed by atoms with E-state index < -0.39 is 11.6 Å². The molecule has 1 saturated carbocycles. The number of hydrogen-bond acceptors (Lipinski definition) is 7. The van der Waals surface area contributed by atoms with Crippen molar-refractivity contribution in [1.29, 1.82) is 0 Å². The number of fused-ring (bicyclic) bond motifs is 1. The minimum absolute atomic E-state index is 0.215. The number of benzene rings is 1. The maximum absolute atomic E-state index is 14.6. The molecule has 1 saturated heterocycles. The van der Waals surface area contributed by atoms with Crippen LogP contribution in [0.3, 0.4) is 0 Å². The van der Waals surface area contributed by atoms with Gasteiger partial charge in [-0.15, -0.1) is 11.8 Å². The van der Waals surface area contributed by atoms with Crippen molar-refractivity contribution in [1.82, 2.24) is 15.1 Å². The first-order valence-electron chi connectivity index (χ1n) is 10.7. The van der Waals surface area contributed by atoms with E-state index in [0.717, 1.165) is 18.0 Å². The molecule has 168 valence electrons. The second kappa shape index (κ2) is 8.35. The van der Waals surface area contributed by atoms with E-state index in [1.54, 1.807) is 24.0 Å². The van der Waals surface area contributed by atoms with Crippen molar-refractivity contribution in [2.24, 2.45) is 17.8 Å². The van der Waals surface area contributed by atoms with Gasteiger partial charge in [0.05, 0.1) is 12.3 Å². The van der Waals surface area contributed by atoms with Gasteiger partial charge in [0.1, 0.15) is 0 Å². The summed E-state index contributed by atoms with van der Waals surface area (Å²) in [7, 11) is 0. The highest BCUT2D eigenvalue weighted by atomic mass is 32.2. The lowest BCUT2D eigenvalue weighted by Gasteiger charge is -2.17. The fraction of sp³-hybridized carbons (Fsp3) is 0.435. The molecule has 1 aliphatic carbocycles. The zero-order chi connectivity index (χ0) is 22.4. The van der Waals surface area contributed by atoms with Gasteiger partial charge in [-0.1, -0.05) is 19.0 Å². The van der Waals surface area contributed by atoms with Gasteiger partial charge >= 0.3 is 6.01 Å². The van der Waals surface area contributed by atoms with Crippen LogP contribution >= 0.6 is 11.8 Å². The van der Waals surface area contributed by atoms with Crippen molar-refractivity contribution in [3.8, 4) is 17.0 Å². The Labute approximate surface area is 189 Å². The molecular weight excluding hydrogens is 434 g/mol. The molecule has 0 radical (unpaired) electrons. The second-order valence-corrected chi connectivity index (χ2v) is 9.53. The lowest BCUT2D eigenvalue weighted by atomic mass is 10.1. The summed E-state index contributed by atoms with van der Waals surface area (Å²) in [4.78, 5) is 11.8. The third-order valence-corrected chi connectivity index (χ3v) is 6.99. The summed E-state index contributed by atoms with van der Waals surface area (Å²) in [6.07, 6.45) is 3.63. The molecule has 1 aromatic carbocycles. The summed E-state index contributed by atoms with van der Waals surface area (Å²) < 4.78 is 40.2. The van der Waals surface area contributed by atoms with Crippen LogP contribution in [-0.4, -0.2) is 41.1 Å². The highest BCUT2D eigenvalue weighted by Gasteiger charge is 2.57. The Morgan fingerprint density at radius 2 is 1.91 bits per heavy atom. The third-order valence-electron chi connectivity index (χ3n) is 6.28. The molecule has 0 amide bonds. The van der Waals surface area contributed by atoms with Crippen molar-refractivity contribution < 1.29 is 18.0 Å². The molecular formula is C23H24F2N4O2S. The number of aromatic nitrogens is 3. The van der Waals surface area contributed by atoms with Crippen molar-refractivity contribution in [2.45, 2.75) is 24.7 Å². The molecule has 0 bridgehead atoms. The van der Waals surface area contributed by atoms with Crippen molar-refractivity contribution in [3.05, 3.63) is 47.9 Å². The zero-order valence-corrected chi connectivity index (χ0v) is 18.9. The number of rotatable bonds is 7. The Balaban J connectivity index is 1.19. The first kappa shape index (κ1) is 21.2. The van der Waals surface area contributed by atoms with Crippen LogP contribution < -0.4 is 9.64 Å². The first-order valence-corrected chi connectivity index (χ1v) is 11.9. The van der Waals surface area contributed by atoms with Gasteiger partial charge < -0.3 is 14.2 Å². The molecule has 32 heavy (non-hydrogen) atoms. The minimum atomic E-state index is -0.713. The van der Waals surface area contributed by atoms with Crippen molar-refractivity contribution in [3.63, 3.8) is 0 Å². The van der Waals surface area contributed by atoms with Crippen LogP contribution in [0.4, 0.5) is 14.8 Å². The SMILES string of the molecule is CSc1ccc(-c2cc(F)c(OCC3C4CN(c5nc(C(C)C)no5)CC34)c(F)c2)nc1. The number of ether oxygens (including phenoxy) is 1. The average Bonchev–Trinajstić information content (AvgIpc) is 3.17. The lowest BCUT2D eigenvalue weighted by Crippen LogP contribution is -2.25. The van der Waals surface area contributed by atoms with Crippen molar-refractivity contribution in [2.75, 3.05) is 30.9 Å². The maximum Gasteiger partial charge on any atom is 0.324 e. The van der Waals surface area contributed by atoms with Gasteiger partial charge in [0.25, 0.3) is 0 Å². The van der Waals surface area contributed by atoms with Crippen LogP contribution in [0.1, 0.15) is 25.6 Å². The Kier molecular flexibility index (Phi) is 5.53. The summed E-state index contributed by atoms with van der Waals surface area (Å²) >= 11 is 1.56. The van der Waals surface area contributed by atoms with Crippen molar-refractivity contribution >= 4 is 17.8 Å². The first-order chi connectivity index (χ1) is 15.4. The van der Waals surface area contributed by atoms with E-state index in [2.05, 4.69) is 20.0 Å². The van der Waals surface area contributed by atoms with Gasteiger partial charge in [-0.25, -0.2) is 8.78 Å². The second-order valence-electron chi connectivity index (χ2n) is 8.65. The summed E-state index contributed by atoms with van der Waals surface area (Å²) in [6.45, 7) is 5.91. The molecule has 3 aromatic rings. The fourth-order valence-electron chi connectivity index (χ4n) is 4.34. The molecule has 2 aliphatic rings. The van der Waals surface area contributed by atoms with Gasteiger partial charge in [-0.05, 0) is 42.4 Å². The van der Waals surface area contributed by atoms with Crippen LogP contribution in [-0.2, 0) is 0 Å². The highest BCUT2D eigenvalue weighted by Crippen LogP contribution is 2.52. The van der Waals surface area contributed by atoms with Crippen LogP contribution in [0.25, 0.3) is 11.3 Å². The molecule has 2 atom stereocenters. The molecule has 2 unspecified atom stereocenters. The molecule has 5 rings (SSSR count). The topological polar surface area (TPSA) is 64.3 Å². The third kappa shape index (κ3) is 3.94. The van der Waals surface area contributed by atoms with E-state index in [1.165, 1.54) is 12.1 Å². The maximum atomic E-state index is 14.6. The molecule has 9 heteroatoms. The number of thioether (sulfide) groups is 1. The Hall–Kier alpha value is -2.68. The Morgan fingerprint density at radius 1 is 1.19 bits per heavy atom. The van der Waals surface area contributed by atoms with E-state index in [1.807, 2.05) is 26.2 Å². The van der Waals surface area contributed by atoms with Gasteiger partial charge in [-0.3, -0.25) is 4.98 Å². The van der Waals surface area contributed by atoms with E-state index in [4.69, 9.17) is 9.26 Å².